The number of aromatic amines is 1. The lowest BCUT2D eigenvalue weighted by Crippen LogP contribution is -2.13. The molecule has 2 heterocycles. The van der Waals surface area contributed by atoms with E-state index in [1.165, 1.54) is 0 Å². The van der Waals surface area contributed by atoms with Gasteiger partial charge in [-0.05, 0) is 38.1 Å². The van der Waals surface area contributed by atoms with E-state index in [-0.39, 0.29) is 5.91 Å². The summed E-state index contributed by atoms with van der Waals surface area (Å²) >= 11 is 0. The quantitative estimate of drug-likeness (QED) is 0.771. The van der Waals surface area contributed by atoms with Crippen LogP contribution in [-0.2, 0) is 0 Å². The van der Waals surface area contributed by atoms with Crippen LogP contribution in [0, 0.1) is 13.8 Å². The fraction of sp³-hybridized carbons (Fsp3) is 0.125. The van der Waals surface area contributed by atoms with Gasteiger partial charge in [0.2, 0.25) is 0 Å². The van der Waals surface area contributed by atoms with Gasteiger partial charge in [0.05, 0.1) is 11.8 Å². The minimum Gasteiger partial charge on any atom is -0.463 e. The maximum absolute atomic E-state index is 12.5. The molecule has 2 N–H and O–H groups in total. The highest BCUT2D eigenvalue weighted by Crippen LogP contribution is 2.25. The Labute approximate surface area is 122 Å². The lowest BCUT2D eigenvalue weighted by molar-refractivity contribution is 0.102. The maximum Gasteiger partial charge on any atom is 0.259 e. The number of rotatable bonds is 3. The summed E-state index contributed by atoms with van der Waals surface area (Å²) in [6.07, 6.45) is 1.56. The second kappa shape index (κ2) is 5.28. The number of hydrogen-bond acceptors (Lipinski definition) is 3. The summed E-state index contributed by atoms with van der Waals surface area (Å²) in [6, 6.07) is 11.2. The number of H-pyrrole nitrogens is 1. The molecular formula is C16H15N3O2. The SMILES string of the molecule is Cc1ccc(NC(=O)c2c(-c3ccco3)n[nH]c2C)cc1. The van der Waals surface area contributed by atoms with E-state index in [0.29, 0.717) is 22.7 Å². The van der Waals surface area contributed by atoms with Crippen molar-refractivity contribution in [2.24, 2.45) is 0 Å². The van der Waals surface area contributed by atoms with Crippen molar-refractivity contribution in [2.45, 2.75) is 13.8 Å². The smallest absolute Gasteiger partial charge is 0.259 e. The third kappa shape index (κ3) is 2.58. The first-order chi connectivity index (χ1) is 10.1. The average Bonchev–Trinajstić information content (AvgIpc) is 3.10. The standard InChI is InChI=1S/C16H15N3O2/c1-10-5-7-12(8-6-10)17-16(20)14-11(2)18-19-15(14)13-4-3-9-21-13/h3-9H,1-2H3,(H,17,20)(H,18,19). The van der Waals surface area contributed by atoms with Gasteiger partial charge >= 0.3 is 0 Å². The van der Waals surface area contributed by atoms with Crippen LogP contribution in [0.1, 0.15) is 21.6 Å². The van der Waals surface area contributed by atoms with Gasteiger partial charge in [-0.3, -0.25) is 9.89 Å². The lowest BCUT2D eigenvalue weighted by atomic mass is 10.1. The molecule has 0 saturated heterocycles. The normalized spacial score (nSPS) is 10.6. The van der Waals surface area contributed by atoms with Crippen LogP contribution < -0.4 is 5.32 Å². The molecule has 0 aliphatic heterocycles. The fourth-order valence-electron chi connectivity index (χ4n) is 2.13. The van der Waals surface area contributed by atoms with Crippen molar-refractivity contribution in [1.29, 1.82) is 0 Å². The highest BCUT2D eigenvalue weighted by Gasteiger charge is 2.21. The summed E-state index contributed by atoms with van der Waals surface area (Å²) in [7, 11) is 0. The molecule has 0 fully saturated rings. The van der Waals surface area contributed by atoms with Crippen LogP contribution in [-0.4, -0.2) is 16.1 Å². The Morgan fingerprint density at radius 1 is 1.19 bits per heavy atom. The molecule has 1 amide bonds. The summed E-state index contributed by atoms with van der Waals surface area (Å²) in [6.45, 7) is 3.81. The van der Waals surface area contributed by atoms with E-state index in [1.807, 2.05) is 38.1 Å². The van der Waals surface area contributed by atoms with Crippen LogP contribution in [0.2, 0.25) is 0 Å². The zero-order valence-electron chi connectivity index (χ0n) is 11.8. The van der Waals surface area contributed by atoms with Crippen LogP contribution >= 0.6 is 0 Å². The number of carbonyl (C=O) groups is 1. The molecule has 0 spiro atoms. The third-order valence-electron chi connectivity index (χ3n) is 3.24. The molecule has 21 heavy (non-hydrogen) atoms. The molecule has 1 aromatic carbocycles. The minimum atomic E-state index is -0.212. The van der Waals surface area contributed by atoms with E-state index in [0.717, 1.165) is 11.3 Å². The number of furan rings is 1. The Balaban J connectivity index is 1.91. The molecule has 0 radical (unpaired) electrons. The predicted molar refractivity (Wildman–Crippen MR) is 80.2 cm³/mol. The van der Waals surface area contributed by atoms with Gasteiger partial charge in [-0.15, -0.1) is 0 Å². The fourth-order valence-corrected chi connectivity index (χ4v) is 2.13. The van der Waals surface area contributed by atoms with Crippen LogP contribution in [0.15, 0.2) is 47.1 Å². The lowest BCUT2D eigenvalue weighted by Gasteiger charge is -2.06. The Bertz CT molecular complexity index is 755. The zero-order chi connectivity index (χ0) is 14.8. The van der Waals surface area contributed by atoms with E-state index in [9.17, 15) is 4.79 Å². The van der Waals surface area contributed by atoms with E-state index in [1.54, 1.807) is 18.4 Å². The maximum atomic E-state index is 12.5. The van der Waals surface area contributed by atoms with Gasteiger partial charge in [0, 0.05) is 11.4 Å². The van der Waals surface area contributed by atoms with Crippen molar-refractivity contribution in [3.63, 3.8) is 0 Å². The monoisotopic (exact) mass is 281 g/mol. The van der Waals surface area contributed by atoms with Crippen LogP contribution in [0.25, 0.3) is 11.5 Å². The highest BCUT2D eigenvalue weighted by molar-refractivity contribution is 6.08. The van der Waals surface area contributed by atoms with Crippen LogP contribution in [0.3, 0.4) is 0 Å². The number of benzene rings is 1. The van der Waals surface area contributed by atoms with Gasteiger partial charge in [-0.25, -0.2) is 0 Å². The van der Waals surface area contributed by atoms with E-state index < -0.39 is 0 Å². The van der Waals surface area contributed by atoms with Crippen molar-refractivity contribution in [3.05, 3.63) is 59.5 Å². The Kier molecular flexibility index (Phi) is 3.31. The van der Waals surface area contributed by atoms with Crippen molar-refractivity contribution in [1.82, 2.24) is 10.2 Å². The second-order valence-electron chi connectivity index (χ2n) is 4.87. The number of hydrogen-bond donors (Lipinski definition) is 2. The van der Waals surface area contributed by atoms with Gasteiger partial charge < -0.3 is 9.73 Å². The molecule has 3 aromatic rings. The highest BCUT2D eigenvalue weighted by atomic mass is 16.3. The molecule has 0 unspecified atom stereocenters. The first-order valence-electron chi connectivity index (χ1n) is 6.62. The molecule has 0 bridgehead atoms. The first kappa shape index (κ1) is 13.2. The predicted octanol–water partition coefficient (Wildman–Crippen LogP) is 3.54. The third-order valence-corrected chi connectivity index (χ3v) is 3.24. The molecule has 0 aliphatic rings. The number of nitrogens with one attached hydrogen (secondary N) is 2. The van der Waals surface area contributed by atoms with Gasteiger partial charge in [0.15, 0.2) is 5.76 Å². The van der Waals surface area contributed by atoms with Crippen LogP contribution in [0.5, 0.6) is 0 Å². The summed E-state index contributed by atoms with van der Waals surface area (Å²) in [4.78, 5) is 12.5. The summed E-state index contributed by atoms with van der Waals surface area (Å²) < 4.78 is 5.33. The Morgan fingerprint density at radius 3 is 2.62 bits per heavy atom. The van der Waals surface area contributed by atoms with Gasteiger partial charge in [-0.2, -0.15) is 5.10 Å². The van der Waals surface area contributed by atoms with Crippen molar-refractivity contribution < 1.29 is 9.21 Å². The van der Waals surface area contributed by atoms with Crippen molar-refractivity contribution in [2.75, 3.05) is 5.32 Å². The number of aromatic nitrogens is 2. The molecule has 2 aromatic heterocycles. The van der Waals surface area contributed by atoms with Crippen molar-refractivity contribution in [3.8, 4) is 11.5 Å². The summed E-state index contributed by atoms with van der Waals surface area (Å²) in [5, 5.41) is 9.86. The van der Waals surface area contributed by atoms with E-state index >= 15 is 0 Å². The molecule has 5 heteroatoms. The second-order valence-corrected chi connectivity index (χ2v) is 4.87. The minimum absolute atomic E-state index is 0.212. The average molecular weight is 281 g/mol. The van der Waals surface area contributed by atoms with E-state index in [2.05, 4.69) is 15.5 Å². The molecule has 0 atom stereocenters. The number of carbonyl (C=O) groups excluding carboxylic acids is 1. The molecule has 3 rings (SSSR count). The number of nitrogens with zero attached hydrogens (tertiary/aromatic N) is 1. The summed E-state index contributed by atoms with van der Waals surface area (Å²) in [5.41, 5.74) is 3.60. The molecule has 5 nitrogen and oxygen atoms in total. The Hall–Kier alpha value is -2.82. The Morgan fingerprint density at radius 2 is 1.95 bits per heavy atom. The molecule has 0 saturated carbocycles. The van der Waals surface area contributed by atoms with Gasteiger partial charge in [0.1, 0.15) is 5.69 Å². The molecular weight excluding hydrogens is 266 g/mol. The summed E-state index contributed by atoms with van der Waals surface area (Å²) in [5.74, 6) is 0.352. The number of amides is 1. The van der Waals surface area contributed by atoms with Gasteiger partial charge in [-0.1, -0.05) is 17.7 Å². The zero-order valence-corrected chi connectivity index (χ0v) is 11.8. The largest absolute Gasteiger partial charge is 0.463 e. The van der Waals surface area contributed by atoms with E-state index in [4.69, 9.17) is 4.42 Å². The molecule has 106 valence electrons. The first-order valence-corrected chi connectivity index (χ1v) is 6.62. The van der Waals surface area contributed by atoms with Crippen molar-refractivity contribution >= 4 is 11.6 Å². The molecule has 0 aliphatic carbocycles. The number of aryl methyl sites for hydroxylation is 2. The topological polar surface area (TPSA) is 70.9 Å². The number of anilines is 1. The van der Waals surface area contributed by atoms with Gasteiger partial charge in [0.25, 0.3) is 5.91 Å². The van der Waals surface area contributed by atoms with Crippen LogP contribution in [0.4, 0.5) is 5.69 Å².